The molecule has 1 nitrogen and oxygen atoms in total. The van der Waals surface area contributed by atoms with Crippen LogP contribution in [0.3, 0.4) is 0 Å². The molecule has 2 N–H and O–H groups in total. The van der Waals surface area contributed by atoms with E-state index in [1.807, 2.05) is 6.07 Å². The molecule has 98 valence electrons. The fourth-order valence-corrected chi connectivity index (χ4v) is 3.08. The second-order valence-electron chi connectivity index (χ2n) is 4.84. The van der Waals surface area contributed by atoms with E-state index in [2.05, 4.69) is 22.0 Å². The molecule has 0 aliphatic heterocycles. The van der Waals surface area contributed by atoms with Crippen LogP contribution in [0.25, 0.3) is 0 Å². The number of hydrogen-bond donors (Lipinski definition) is 1. The minimum atomic E-state index is -0.321. The molecular formula is C15H19BrFN. The van der Waals surface area contributed by atoms with Crippen LogP contribution in [0, 0.1) is 5.82 Å². The highest BCUT2D eigenvalue weighted by molar-refractivity contribution is 9.10. The highest BCUT2D eigenvalue weighted by Crippen LogP contribution is 2.32. The zero-order chi connectivity index (χ0) is 13.0. The van der Waals surface area contributed by atoms with Crippen molar-refractivity contribution in [2.45, 2.75) is 44.6 Å². The van der Waals surface area contributed by atoms with Gasteiger partial charge in [0.2, 0.25) is 0 Å². The van der Waals surface area contributed by atoms with Crippen LogP contribution in [-0.4, -0.2) is 0 Å². The molecule has 0 bridgehead atoms. The first-order valence-corrected chi connectivity index (χ1v) is 7.38. The molecular weight excluding hydrogens is 293 g/mol. The average molecular weight is 312 g/mol. The van der Waals surface area contributed by atoms with E-state index >= 15 is 0 Å². The van der Waals surface area contributed by atoms with Gasteiger partial charge in [-0.15, -0.1) is 0 Å². The Balaban J connectivity index is 2.26. The van der Waals surface area contributed by atoms with Gasteiger partial charge in [0.25, 0.3) is 0 Å². The van der Waals surface area contributed by atoms with Crippen molar-refractivity contribution in [2.75, 3.05) is 0 Å². The predicted octanol–water partition coefficient (Wildman–Crippen LogP) is 4.87. The van der Waals surface area contributed by atoms with Crippen LogP contribution in [0.4, 0.5) is 4.39 Å². The molecule has 0 saturated heterocycles. The predicted molar refractivity (Wildman–Crippen MR) is 76.8 cm³/mol. The molecule has 1 atom stereocenters. The normalized spacial score (nSPS) is 21.6. The molecule has 0 aromatic heterocycles. The summed E-state index contributed by atoms with van der Waals surface area (Å²) in [5.74, 6) is -0.222. The molecule has 0 radical (unpaired) electrons. The van der Waals surface area contributed by atoms with Crippen molar-refractivity contribution < 1.29 is 4.39 Å². The van der Waals surface area contributed by atoms with Gasteiger partial charge in [0.15, 0.2) is 0 Å². The molecule has 0 amide bonds. The molecule has 1 aliphatic carbocycles. The standard InChI is InChI=1S/C15H19BrFN/c16-12-9-6-10-13(17)14(12)15(18)11-7-4-2-1-3-5-8-11/h6-7,9-10,15H,1-5,8,18H2/b11-7+. The van der Waals surface area contributed by atoms with Crippen LogP contribution >= 0.6 is 15.9 Å². The van der Waals surface area contributed by atoms with Gasteiger partial charge in [-0.25, -0.2) is 4.39 Å². The maximum atomic E-state index is 13.9. The van der Waals surface area contributed by atoms with Crippen molar-refractivity contribution in [1.82, 2.24) is 0 Å². The molecule has 2 rings (SSSR count). The van der Waals surface area contributed by atoms with Gasteiger partial charge in [0, 0.05) is 10.0 Å². The van der Waals surface area contributed by atoms with Gasteiger partial charge in [0.05, 0.1) is 6.04 Å². The first-order chi connectivity index (χ1) is 8.70. The third-order valence-electron chi connectivity index (χ3n) is 3.54. The summed E-state index contributed by atoms with van der Waals surface area (Å²) in [4.78, 5) is 0. The van der Waals surface area contributed by atoms with Gasteiger partial charge in [-0.2, -0.15) is 0 Å². The Bertz CT molecular complexity index is 422. The summed E-state index contributed by atoms with van der Waals surface area (Å²) < 4.78 is 14.7. The average Bonchev–Trinajstić information content (AvgIpc) is 2.27. The van der Waals surface area contributed by atoms with Gasteiger partial charge >= 0.3 is 0 Å². The highest BCUT2D eigenvalue weighted by Gasteiger charge is 2.19. The van der Waals surface area contributed by atoms with E-state index in [9.17, 15) is 4.39 Å². The van der Waals surface area contributed by atoms with E-state index in [4.69, 9.17) is 5.73 Å². The summed E-state index contributed by atoms with van der Waals surface area (Å²) >= 11 is 3.40. The molecule has 1 aliphatic rings. The van der Waals surface area contributed by atoms with E-state index in [1.165, 1.54) is 30.9 Å². The Hall–Kier alpha value is -0.670. The van der Waals surface area contributed by atoms with Crippen molar-refractivity contribution >= 4 is 15.9 Å². The minimum absolute atomic E-state index is 0.222. The van der Waals surface area contributed by atoms with E-state index in [1.54, 1.807) is 6.07 Å². The monoisotopic (exact) mass is 311 g/mol. The lowest BCUT2D eigenvalue weighted by molar-refractivity contribution is 0.572. The quantitative estimate of drug-likeness (QED) is 0.775. The van der Waals surface area contributed by atoms with Crippen molar-refractivity contribution in [3.63, 3.8) is 0 Å². The number of hydrogen-bond acceptors (Lipinski definition) is 1. The van der Waals surface area contributed by atoms with Gasteiger partial charge in [0.1, 0.15) is 5.82 Å². The van der Waals surface area contributed by atoms with Crippen molar-refractivity contribution in [1.29, 1.82) is 0 Å². The Kier molecular flexibility index (Phi) is 4.95. The topological polar surface area (TPSA) is 26.0 Å². The van der Waals surface area contributed by atoms with E-state index in [0.29, 0.717) is 5.56 Å². The zero-order valence-corrected chi connectivity index (χ0v) is 12.0. The van der Waals surface area contributed by atoms with Crippen LogP contribution in [0.5, 0.6) is 0 Å². The summed E-state index contributed by atoms with van der Waals surface area (Å²) in [6.45, 7) is 0. The SMILES string of the molecule is NC(/C1=C/CCCCCC1)c1c(F)cccc1Br. The number of benzene rings is 1. The molecule has 1 unspecified atom stereocenters. The smallest absolute Gasteiger partial charge is 0.129 e. The third kappa shape index (κ3) is 3.21. The zero-order valence-electron chi connectivity index (χ0n) is 10.5. The first-order valence-electron chi connectivity index (χ1n) is 6.58. The number of rotatable bonds is 2. The summed E-state index contributed by atoms with van der Waals surface area (Å²) in [5.41, 5.74) is 8.02. The van der Waals surface area contributed by atoms with Crippen LogP contribution < -0.4 is 5.73 Å². The molecule has 3 heteroatoms. The summed E-state index contributed by atoms with van der Waals surface area (Å²) in [6, 6.07) is 4.70. The van der Waals surface area contributed by atoms with Gasteiger partial charge in [-0.1, -0.05) is 46.5 Å². The first kappa shape index (κ1) is 13.8. The van der Waals surface area contributed by atoms with Crippen molar-refractivity contribution in [3.8, 4) is 0 Å². The van der Waals surface area contributed by atoms with E-state index in [0.717, 1.165) is 23.7 Å². The largest absolute Gasteiger partial charge is 0.320 e. The lowest BCUT2D eigenvalue weighted by atomic mass is 9.91. The lowest BCUT2D eigenvalue weighted by Crippen LogP contribution is -2.16. The number of nitrogens with two attached hydrogens (primary N) is 1. The molecule has 0 heterocycles. The molecule has 18 heavy (non-hydrogen) atoms. The van der Waals surface area contributed by atoms with Crippen molar-refractivity contribution in [3.05, 3.63) is 45.7 Å². The minimum Gasteiger partial charge on any atom is -0.320 e. The van der Waals surface area contributed by atoms with E-state index < -0.39 is 0 Å². The molecule has 0 fully saturated rings. The maximum Gasteiger partial charge on any atom is 0.129 e. The summed E-state index contributed by atoms with van der Waals surface area (Å²) in [7, 11) is 0. The van der Waals surface area contributed by atoms with Crippen molar-refractivity contribution in [2.24, 2.45) is 5.73 Å². The fourth-order valence-electron chi connectivity index (χ4n) is 2.49. The fraction of sp³-hybridized carbons (Fsp3) is 0.467. The second kappa shape index (κ2) is 6.48. The Labute approximate surface area is 116 Å². The molecule has 1 aromatic carbocycles. The Morgan fingerprint density at radius 1 is 1.17 bits per heavy atom. The summed E-state index contributed by atoms with van der Waals surface area (Å²) in [6.07, 6.45) is 9.19. The third-order valence-corrected chi connectivity index (χ3v) is 4.23. The number of halogens is 2. The Morgan fingerprint density at radius 2 is 1.94 bits per heavy atom. The molecule has 0 spiro atoms. The van der Waals surface area contributed by atoms with Gasteiger partial charge < -0.3 is 5.73 Å². The van der Waals surface area contributed by atoms with Crippen LogP contribution in [0.1, 0.15) is 50.1 Å². The van der Waals surface area contributed by atoms with E-state index in [-0.39, 0.29) is 11.9 Å². The second-order valence-corrected chi connectivity index (χ2v) is 5.70. The van der Waals surface area contributed by atoms with Crippen LogP contribution in [0.2, 0.25) is 0 Å². The Morgan fingerprint density at radius 3 is 2.72 bits per heavy atom. The van der Waals surface area contributed by atoms with Crippen LogP contribution in [0.15, 0.2) is 34.3 Å². The number of allylic oxidation sites excluding steroid dienone is 1. The molecule has 0 saturated carbocycles. The van der Waals surface area contributed by atoms with Gasteiger partial charge in [-0.05, 0) is 37.8 Å². The maximum absolute atomic E-state index is 13.9. The van der Waals surface area contributed by atoms with Crippen LogP contribution in [-0.2, 0) is 0 Å². The highest BCUT2D eigenvalue weighted by atomic mass is 79.9. The lowest BCUT2D eigenvalue weighted by Gasteiger charge is -2.20. The molecule has 1 aromatic rings. The summed E-state index contributed by atoms with van der Waals surface area (Å²) in [5, 5.41) is 0. The van der Waals surface area contributed by atoms with Gasteiger partial charge in [-0.3, -0.25) is 0 Å².